The van der Waals surface area contributed by atoms with E-state index >= 15 is 0 Å². The molecule has 0 radical (unpaired) electrons. The number of rotatable bonds is 7. The molecule has 2 unspecified atom stereocenters. The van der Waals surface area contributed by atoms with Gasteiger partial charge in [-0.25, -0.2) is 0 Å². The van der Waals surface area contributed by atoms with Crippen LogP contribution in [0.5, 0.6) is 0 Å². The normalized spacial score (nSPS) is 15.4. The summed E-state index contributed by atoms with van der Waals surface area (Å²) in [5, 5.41) is 16.3. The molecule has 0 saturated heterocycles. The Bertz CT molecular complexity index is 427. The van der Waals surface area contributed by atoms with Gasteiger partial charge in [-0.15, -0.1) is 0 Å². The second-order valence-electron chi connectivity index (χ2n) is 5.65. The Morgan fingerprint density at radius 1 is 1.35 bits per heavy atom. The van der Waals surface area contributed by atoms with E-state index in [4.69, 9.17) is 0 Å². The molecule has 2 atom stereocenters. The van der Waals surface area contributed by atoms with Gasteiger partial charge < -0.3 is 15.7 Å². The van der Waals surface area contributed by atoms with Gasteiger partial charge in [0.2, 0.25) is 5.91 Å². The van der Waals surface area contributed by atoms with Crippen molar-refractivity contribution in [2.75, 3.05) is 11.9 Å². The first-order valence-electron chi connectivity index (χ1n) is 7.14. The molecule has 0 aliphatic carbocycles. The number of carbonyl (C=O) groups excluding carboxylic acids is 1. The van der Waals surface area contributed by atoms with E-state index in [1.807, 2.05) is 31.2 Å². The highest BCUT2D eigenvalue weighted by Gasteiger charge is 2.26. The fourth-order valence-electron chi connectivity index (χ4n) is 1.98. The van der Waals surface area contributed by atoms with Gasteiger partial charge in [-0.05, 0) is 30.5 Å². The van der Waals surface area contributed by atoms with Gasteiger partial charge in [0.1, 0.15) is 0 Å². The smallest absolute Gasteiger partial charge is 0.221 e. The van der Waals surface area contributed by atoms with Crippen molar-refractivity contribution >= 4 is 11.6 Å². The van der Waals surface area contributed by atoms with Gasteiger partial charge in [0.15, 0.2) is 0 Å². The van der Waals surface area contributed by atoms with Crippen LogP contribution in [0.4, 0.5) is 5.69 Å². The third kappa shape index (κ3) is 5.31. The molecular weight excluding hydrogens is 252 g/mol. The molecular formula is C16H26N2O2. The van der Waals surface area contributed by atoms with E-state index in [1.165, 1.54) is 6.92 Å². The van der Waals surface area contributed by atoms with Gasteiger partial charge in [0, 0.05) is 25.7 Å². The number of hydrogen-bond donors (Lipinski definition) is 3. The predicted molar refractivity (Wildman–Crippen MR) is 82.5 cm³/mol. The molecule has 3 N–H and O–H groups in total. The van der Waals surface area contributed by atoms with Crippen LogP contribution >= 0.6 is 0 Å². The first-order chi connectivity index (χ1) is 9.35. The van der Waals surface area contributed by atoms with Gasteiger partial charge in [0.25, 0.3) is 0 Å². The van der Waals surface area contributed by atoms with Crippen LogP contribution in [-0.4, -0.2) is 23.2 Å². The zero-order valence-corrected chi connectivity index (χ0v) is 12.9. The lowest BCUT2D eigenvalue weighted by molar-refractivity contribution is -0.114. The van der Waals surface area contributed by atoms with E-state index in [1.54, 1.807) is 0 Å². The van der Waals surface area contributed by atoms with Crippen molar-refractivity contribution in [2.24, 2.45) is 5.92 Å². The first-order valence-corrected chi connectivity index (χ1v) is 7.14. The third-order valence-electron chi connectivity index (χ3n) is 3.76. The number of nitrogens with one attached hydrogen (secondary N) is 2. The highest BCUT2D eigenvalue weighted by Crippen LogP contribution is 2.19. The monoisotopic (exact) mass is 278 g/mol. The topological polar surface area (TPSA) is 61.4 Å². The Labute approximate surface area is 121 Å². The zero-order chi connectivity index (χ0) is 15.2. The molecule has 4 heteroatoms. The van der Waals surface area contributed by atoms with Crippen LogP contribution in [0.2, 0.25) is 0 Å². The Morgan fingerprint density at radius 3 is 2.45 bits per heavy atom. The van der Waals surface area contributed by atoms with Crippen molar-refractivity contribution in [3.05, 3.63) is 29.8 Å². The molecule has 1 rings (SSSR count). The van der Waals surface area contributed by atoms with Crippen molar-refractivity contribution in [2.45, 2.75) is 46.3 Å². The minimum atomic E-state index is -0.690. The first kappa shape index (κ1) is 16.7. The maximum Gasteiger partial charge on any atom is 0.221 e. The summed E-state index contributed by atoms with van der Waals surface area (Å²) < 4.78 is 0. The van der Waals surface area contributed by atoms with Gasteiger partial charge in [0.05, 0.1) is 5.60 Å². The Kier molecular flexibility index (Phi) is 6.17. The third-order valence-corrected chi connectivity index (χ3v) is 3.76. The fraction of sp³-hybridized carbons (Fsp3) is 0.562. The lowest BCUT2D eigenvalue weighted by Crippen LogP contribution is -2.42. The summed E-state index contributed by atoms with van der Waals surface area (Å²) in [6, 6.07) is 7.70. The summed E-state index contributed by atoms with van der Waals surface area (Å²) in [4.78, 5) is 10.9. The van der Waals surface area contributed by atoms with Gasteiger partial charge in [-0.3, -0.25) is 4.79 Å². The Morgan fingerprint density at radius 2 is 1.95 bits per heavy atom. The van der Waals surface area contributed by atoms with E-state index in [2.05, 4.69) is 24.5 Å². The molecule has 112 valence electrons. The molecule has 0 heterocycles. The second kappa shape index (κ2) is 7.41. The Hall–Kier alpha value is -1.39. The van der Waals surface area contributed by atoms with E-state index in [0.29, 0.717) is 13.1 Å². The van der Waals surface area contributed by atoms with E-state index in [0.717, 1.165) is 17.7 Å². The molecule has 0 saturated carbocycles. The van der Waals surface area contributed by atoms with Crippen LogP contribution in [-0.2, 0) is 11.3 Å². The summed E-state index contributed by atoms with van der Waals surface area (Å²) in [7, 11) is 0. The quantitative estimate of drug-likeness (QED) is 0.718. The Balaban J connectivity index is 2.44. The fourth-order valence-corrected chi connectivity index (χ4v) is 1.98. The summed E-state index contributed by atoms with van der Waals surface area (Å²) in [5.41, 5.74) is 1.23. The molecule has 0 aliphatic heterocycles. The molecule has 4 nitrogen and oxygen atoms in total. The van der Waals surface area contributed by atoms with E-state index in [-0.39, 0.29) is 11.8 Å². The van der Waals surface area contributed by atoms with Crippen LogP contribution in [0.25, 0.3) is 0 Å². The number of aliphatic hydroxyl groups is 1. The van der Waals surface area contributed by atoms with Crippen LogP contribution in [0, 0.1) is 5.92 Å². The average molecular weight is 278 g/mol. The van der Waals surface area contributed by atoms with Crippen LogP contribution in [0.15, 0.2) is 24.3 Å². The number of hydrogen-bond acceptors (Lipinski definition) is 3. The minimum Gasteiger partial charge on any atom is -0.389 e. The SMILES string of the molecule is CCC(C)C(C)(O)CNCc1ccc(NC(C)=O)cc1. The lowest BCUT2D eigenvalue weighted by atomic mass is 9.88. The van der Waals surface area contributed by atoms with Gasteiger partial charge in [-0.2, -0.15) is 0 Å². The highest BCUT2D eigenvalue weighted by atomic mass is 16.3. The number of anilines is 1. The van der Waals surface area contributed by atoms with Crippen LogP contribution in [0.3, 0.4) is 0 Å². The number of carbonyl (C=O) groups is 1. The van der Waals surface area contributed by atoms with Crippen LogP contribution < -0.4 is 10.6 Å². The van der Waals surface area contributed by atoms with E-state index < -0.39 is 5.60 Å². The minimum absolute atomic E-state index is 0.0690. The molecule has 1 aromatic carbocycles. The average Bonchev–Trinajstić information content (AvgIpc) is 2.39. The number of amides is 1. The molecule has 20 heavy (non-hydrogen) atoms. The molecule has 0 bridgehead atoms. The largest absolute Gasteiger partial charge is 0.389 e. The molecule has 1 amide bonds. The van der Waals surface area contributed by atoms with Crippen molar-refractivity contribution in [3.63, 3.8) is 0 Å². The maximum atomic E-state index is 10.9. The maximum absolute atomic E-state index is 10.9. The molecule has 0 aromatic heterocycles. The lowest BCUT2D eigenvalue weighted by Gasteiger charge is -2.30. The highest BCUT2D eigenvalue weighted by molar-refractivity contribution is 5.88. The van der Waals surface area contributed by atoms with E-state index in [9.17, 15) is 9.90 Å². The second-order valence-corrected chi connectivity index (χ2v) is 5.65. The van der Waals surface area contributed by atoms with Gasteiger partial charge >= 0.3 is 0 Å². The standard InChI is InChI=1S/C16H26N2O2/c1-5-12(2)16(4,20)11-17-10-14-6-8-15(9-7-14)18-13(3)19/h6-9,12,17,20H,5,10-11H2,1-4H3,(H,18,19). The van der Waals surface area contributed by atoms with Gasteiger partial charge in [-0.1, -0.05) is 32.4 Å². The summed E-state index contributed by atoms with van der Waals surface area (Å²) >= 11 is 0. The molecule has 0 aliphatic rings. The van der Waals surface area contributed by atoms with Crippen molar-refractivity contribution < 1.29 is 9.90 Å². The molecule has 0 spiro atoms. The van der Waals surface area contributed by atoms with Crippen molar-refractivity contribution in [1.29, 1.82) is 0 Å². The summed E-state index contributed by atoms with van der Waals surface area (Å²) in [6.45, 7) is 8.77. The zero-order valence-electron chi connectivity index (χ0n) is 12.9. The molecule has 0 fully saturated rings. The van der Waals surface area contributed by atoms with Crippen LogP contribution in [0.1, 0.15) is 39.7 Å². The van der Waals surface area contributed by atoms with Crippen molar-refractivity contribution in [1.82, 2.24) is 5.32 Å². The van der Waals surface area contributed by atoms with Crippen molar-refractivity contribution in [3.8, 4) is 0 Å². The summed E-state index contributed by atoms with van der Waals surface area (Å²) in [6.07, 6.45) is 0.958. The summed E-state index contributed by atoms with van der Waals surface area (Å²) in [5.74, 6) is 0.192. The molecule has 1 aromatic rings. The predicted octanol–water partition coefficient (Wildman–Crippen LogP) is 2.53. The number of benzene rings is 1.